The Balaban J connectivity index is 2.28. The van der Waals surface area contributed by atoms with Crippen LogP contribution in [0.2, 0.25) is 5.02 Å². The van der Waals surface area contributed by atoms with Gasteiger partial charge in [0.05, 0.1) is 11.4 Å². The van der Waals surface area contributed by atoms with Crippen LogP contribution in [-0.4, -0.2) is 11.9 Å². The zero-order valence-electron chi connectivity index (χ0n) is 9.22. The summed E-state index contributed by atoms with van der Waals surface area (Å²) in [5.74, 6) is 0.0621. The molecule has 0 aromatic heterocycles. The maximum atomic E-state index is 11.6. The quantitative estimate of drug-likeness (QED) is 0.830. The molecule has 1 amide bonds. The van der Waals surface area contributed by atoms with Crippen LogP contribution in [0.1, 0.15) is 26.2 Å². The molecule has 2 N–H and O–H groups in total. The molecule has 1 atom stereocenters. The molecule has 16 heavy (non-hydrogen) atoms. The second-order valence-corrected chi connectivity index (χ2v) is 4.51. The Morgan fingerprint density at radius 3 is 3.00 bits per heavy atom. The van der Waals surface area contributed by atoms with E-state index in [4.69, 9.17) is 11.6 Å². The van der Waals surface area contributed by atoms with Crippen LogP contribution >= 0.6 is 11.6 Å². The van der Waals surface area contributed by atoms with Crippen molar-refractivity contribution in [2.45, 2.75) is 32.2 Å². The van der Waals surface area contributed by atoms with Crippen molar-refractivity contribution in [3.8, 4) is 0 Å². The number of rotatable bonds is 2. The van der Waals surface area contributed by atoms with Gasteiger partial charge in [-0.3, -0.25) is 4.79 Å². The van der Waals surface area contributed by atoms with E-state index in [1.165, 1.54) is 0 Å². The third-order valence-corrected chi connectivity index (χ3v) is 2.92. The SMILES string of the molecule is CCCC1CC(=O)Nc2ccc(Cl)cc2N1. The molecule has 1 aliphatic rings. The average molecular weight is 239 g/mol. The predicted molar refractivity (Wildman–Crippen MR) is 67.0 cm³/mol. The number of anilines is 2. The smallest absolute Gasteiger partial charge is 0.226 e. The zero-order chi connectivity index (χ0) is 11.5. The van der Waals surface area contributed by atoms with Gasteiger partial charge in [-0.15, -0.1) is 0 Å². The summed E-state index contributed by atoms with van der Waals surface area (Å²) in [6.45, 7) is 2.11. The summed E-state index contributed by atoms with van der Waals surface area (Å²) in [7, 11) is 0. The van der Waals surface area contributed by atoms with E-state index < -0.39 is 0 Å². The largest absolute Gasteiger partial charge is 0.380 e. The Hall–Kier alpha value is -1.22. The first-order valence-corrected chi connectivity index (χ1v) is 5.92. The number of hydrogen-bond donors (Lipinski definition) is 2. The van der Waals surface area contributed by atoms with Crippen LogP contribution in [0.4, 0.5) is 11.4 Å². The number of fused-ring (bicyclic) bond motifs is 1. The van der Waals surface area contributed by atoms with E-state index in [9.17, 15) is 4.79 Å². The van der Waals surface area contributed by atoms with Crippen molar-refractivity contribution in [3.05, 3.63) is 23.2 Å². The van der Waals surface area contributed by atoms with E-state index in [-0.39, 0.29) is 11.9 Å². The van der Waals surface area contributed by atoms with Gasteiger partial charge in [-0.1, -0.05) is 24.9 Å². The lowest BCUT2D eigenvalue weighted by molar-refractivity contribution is -0.116. The number of halogens is 1. The molecule has 1 aromatic rings. The number of carbonyl (C=O) groups excluding carboxylic acids is 1. The van der Waals surface area contributed by atoms with Crippen LogP contribution in [0.25, 0.3) is 0 Å². The summed E-state index contributed by atoms with van der Waals surface area (Å²) in [6, 6.07) is 5.66. The van der Waals surface area contributed by atoms with Gasteiger partial charge < -0.3 is 10.6 Å². The maximum absolute atomic E-state index is 11.6. The fraction of sp³-hybridized carbons (Fsp3) is 0.417. The van der Waals surface area contributed by atoms with Gasteiger partial charge in [0.2, 0.25) is 5.91 Å². The van der Waals surface area contributed by atoms with Crippen molar-refractivity contribution >= 4 is 28.9 Å². The van der Waals surface area contributed by atoms with Gasteiger partial charge in [-0.25, -0.2) is 0 Å². The molecule has 0 radical (unpaired) electrons. The van der Waals surface area contributed by atoms with Crippen LogP contribution in [-0.2, 0) is 4.79 Å². The minimum Gasteiger partial charge on any atom is -0.380 e. The zero-order valence-corrected chi connectivity index (χ0v) is 9.97. The number of amides is 1. The molecular weight excluding hydrogens is 224 g/mol. The lowest BCUT2D eigenvalue weighted by Gasteiger charge is -2.15. The van der Waals surface area contributed by atoms with Crippen molar-refractivity contribution in [2.75, 3.05) is 10.6 Å². The first-order valence-electron chi connectivity index (χ1n) is 5.55. The average Bonchev–Trinajstić information content (AvgIpc) is 2.36. The molecule has 1 aliphatic heterocycles. The second-order valence-electron chi connectivity index (χ2n) is 4.07. The topological polar surface area (TPSA) is 41.1 Å². The molecule has 2 rings (SSSR count). The van der Waals surface area contributed by atoms with E-state index in [0.29, 0.717) is 11.4 Å². The number of benzene rings is 1. The standard InChI is InChI=1S/C12H15ClN2O/c1-2-3-9-7-12(16)15-10-5-4-8(13)6-11(10)14-9/h4-6,9,14H,2-3,7H2,1H3,(H,15,16). The van der Waals surface area contributed by atoms with Crippen LogP contribution in [0.15, 0.2) is 18.2 Å². The molecule has 0 spiro atoms. The van der Waals surface area contributed by atoms with E-state index >= 15 is 0 Å². The first-order chi connectivity index (χ1) is 7.69. The van der Waals surface area contributed by atoms with Crippen molar-refractivity contribution in [1.82, 2.24) is 0 Å². The molecule has 1 heterocycles. The monoisotopic (exact) mass is 238 g/mol. The summed E-state index contributed by atoms with van der Waals surface area (Å²) >= 11 is 5.94. The molecule has 86 valence electrons. The Morgan fingerprint density at radius 2 is 2.25 bits per heavy atom. The Bertz CT molecular complexity index is 406. The molecule has 3 nitrogen and oxygen atoms in total. The van der Waals surface area contributed by atoms with E-state index in [2.05, 4.69) is 17.6 Å². The highest BCUT2D eigenvalue weighted by Gasteiger charge is 2.19. The summed E-state index contributed by atoms with van der Waals surface area (Å²) < 4.78 is 0. The molecular formula is C12H15ClN2O. The highest BCUT2D eigenvalue weighted by molar-refractivity contribution is 6.31. The Morgan fingerprint density at radius 1 is 1.44 bits per heavy atom. The van der Waals surface area contributed by atoms with Crippen molar-refractivity contribution < 1.29 is 4.79 Å². The van der Waals surface area contributed by atoms with Gasteiger partial charge in [-0.05, 0) is 24.6 Å². The second kappa shape index (κ2) is 4.74. The third-order valence-electron chi connectivity index (χ3n) is 2.68. The summed E-state index contributed by atoms with van der Waals surface area (Å²) in [4.78, 5) is 11.6. The van der Waals surface area contributed by atoms with E-state index in [0.717, 1.165) is 24.2 Å². The van der Waals surface area contributed by atoms with Crippen molar-refractivity contribution in [2.24, 2.45) is 0 Å². The molecule has 0 saturated heterocycles. The van der Waals surface area contributed by atoms with Crippen molar-refractivity contribution in [3.63, 3.8) is 0 Å². The molecule has 1 unspecified atom stereocenters. The van der Waals surface area contributed by atoms with E-state index in [1.54, 1.807) is 6.07 Å². The number of hydrogen-bond acceptors (Lipinski definition) is 2. The summed E-state index contributed by atoms with van der Waals surface area (Å²) in [5, 5.41) is 6.92. The Kier molecular flexibility index (Phi) is 3.34. The molecule has 1 aromatic carbocycles. The fourth-order valence-electron chi connectivity index (χ4n) is 1.96. The normalized spacial score (nSPS) is 19.4. The highest BCUT2D eigenvalue weighted by Crippen LogP contribution is 2.29. The first kappa shape index (κ1) is 11.3. The lowest BCUT2D eigenvalue weighted by Crippen LogP contribution is -2.22. The Labute approximate surface area is 100 Å². The molecule has 0 aliphatic carbocycles. The maximum Gasteiger partial charge on any atom is 0.226 e. The van der Waals surface area contributed by atoms with Crippen LogP contribution in [0.3, 0.4) is 0 Å². The van der Waals surface area contributed by atoms with Crippen LogP contribution in [0.5, 0.6) is 0 Å². The molecule has 0 bridgehead atoms. The summed E-state index contributed by atoms with van der Waals surface area (Å²) in [6.07, 6.45) is 2.56. The van der Waals surface area contributed by atoms with Gasteiger partial charge in [0.1, 0.15) is 0 Å². The van der Waals surface area contributed by atoms with Crippen LogP contribution in [0, 0.1) is 0 Å². The van der Waals surface area contributed by atoms with Gasteiger partial charge in [0.15, 0.2) is 0 Å². The van der Waals surface area contributed by atoms with Gasteiger partial charge in [0, 0.05) is 17.5 Å². The van der Waals surface area contributed by atoms with Crippen molar-refractivity contribution in [1.29, 1.82) is 0 Å². The van der Waals surface area contributed by atoms with Crippen LogP contribution < -0.4 is 10.6 Å². The molecule has 4 heteroatoms. The minimum absolute atomic E-state index is 0.0621. The number of nitrogens with one attached hydrogen (secondary N) is 2. The molecule has 0 saturated carbocycles. The lowest BCUT2D eigenvalue weighted by atomic mass is 10.1. The molecule has 0 fully saturated rings. The minimum atomic E-state index is 0.0621. The third kappa shape index (κ3) is 2.47. The summed E-state index contributed by atoms with van der Waals surface area (Å²) in [5.41, 5.74) is 1.73. The predicted octanol–water partition coefficient (Wildman–Crippen LogP) is 3.26. The highest BCUT2D eigenvalue weighted by atomic mass is 35.5. The number of carbonyl (C=O) groups is 1. The van der Waals surface area contributed by atoms with Gasteiger partial charge in [-0.2, -0.15) is 0 Å². The van der Waals surface area contributed by atoms with Gasteiger partial charge in [0.25, 0.3) is 0 Å². The van der Waals surface area contributed by atoms with E-state index in [1.807, 2.05) is 12.1 Å². The fourth-order valence-corrected chi connectivity index (χ4v) is 2.14. The van der Waals surface area contributed by atoms with Gasteiger partial charge >= 0.3 is 0 Å².